The van der Waals surface area contributed by atoms with Crippen molar-refractivity contribution in [2.24, 2.45) is 0 Å². The summed E-state index contributed by atoms with van der Waals surface area (Å²) in [5, 5.41) is 7.08. The van der Waals surface area contributed by atoms with Gasteiger partial charge in [0.2, 0.25) is 0 Å². The van der Waals surface area contributed by atoms with Crippen LogP contribution in [0.15, 0.2) is 43.0 Å². The van der Waals surface area contributed by atoms with Crippen LogP contribution in [0, 0.1) is 0 Å². The number of benzene rings is 1. The second-order valence-corrected chi connectivity index (χ2v) is 4.12. The molecule has 0 aliphatic carbocycles. The third-order valence-corrected chi connectivity index (χ3v) is 2.73. The van der Waals surface area contributed by atoms with Gasteiger partial charge < -0.3 is 4.90 Å². The van der Waals surface area contributed by atoms with Gasteiger partial charge in [0, 0.05) is 13.1 Å². The molecule has 0 spiro atoms. The summed E-state index contributed by atoms with van der Waals surface area (Å²) in [6, 6.07) is 9.51. The number of nitrogens with zero attached hydrogens (tertiary/aromatic N) is 4. The lowest BCUT2D eigenvalue weighted by Gasteiger charge is -2.20. The molecule has 7 nitrogen and oxygen atoms in total. The monoisotopic (exact) mass is 273 g/mol. The lowest BCUT2D eigenvalue weighted by Crippen LogP contribution is -2.41. The number of carbonyl (C=O) groups is 2. The van der Waals surface area contributed by atoms with Crippen LogP contribution in [0.1, 0.15) is 12.5 Å². The van der Waals surface area contributed by atoms with Crippen LogP contribution in [-0.4, -0.2) is 38.1 Å². The van der Waals surface area contributed by atoms with E-state index in [1.165, 1.54) is 22.2 Å². The van der Waals surface area contributed by atoms with Gasteiger partial charge in [0.15, 0.2) is 0 Å². The molecule has 0 radical (unpaired) electrons. The van der Waals surface area contributed by atoms with Crippen LogP contribution in [0.3, 0.4) is 0 Å². The van der Waals surface area contributed by atoms with Crippen LogP contribution in [-0.2, 0) is 16.1 Å². The van der Waals surface area contributed by atoms with Gasteiger partial charge >= 0.3 is 11.8 Å². The molecule has 7 heteroatoms. The molecule has 104 valence electrons. The highest BCUT2D eigenvalue weighted by molar-refractivity contribution is 6.38. The van der Waals surface area contributed by atoms with E-state index in [9.17, 15) is 9.59 Å². The van der Waals surface area contributed by atoms with Gasteiger partial charge in [0.25, 0.3) is 0 Å². The fourth-order valence-corrected chi connectivity index (χ4v) is 1.70. The lowest BCUT2D eigenvalue weighted by atomic mass is 10.2. The number of hydrogen-bond acceptors (Lipinski definition) is 4. The fourth-order valence-electron chi connectivity index (χ4n) is 1.70. The molecule has 0 saturated heterocycles. The summed E-state index contributed by atoms with van der Waals surface area (Å²) in [6.45, 7) is 2.67. The minimum absolute atomic E-state index is 0.395. The number of likely N-dealkylation sites (N-methyl/N-ethyl adjacent to an activating group) is 1. The number of rotatable bonds is 4. The first-order valence-corrected chi connectivity index (χ1v) is 6.19. The van der Waals surface area contributed by atoms with Crippen molar-refractivity contribution in [3.63, 3.8) is 0 Å². The maximum absolute atomic E-state index is 12.1. The Hall–Kier alpha value is -2.70. The van der Waals surface area contributed by atoms with Gasteiger partial charge in [-0.25, -0.2) is 4.68 Å². The van der Waals surface area contributed by atoms with Crippen LogP contribution in [0.5, 0.6) is 0 Å². The second kappa shape index (κ2) is 6.46. The molecule has 2 aromatic rings. The maximum Gasteiger partial charge on any atom is 0.328 e. The largest absolute Gasteiger partial charge is 0.330 e. The van der Waals surface area contributed by atoms with Crippen LogP contribution in [0.4, 0.5) is 0 Å². The smallest absolute Gasteiger partial charge is 0.328 e. The number of amides is 2. The molecule has 1 heterocycles. The molecule has 0 unspecified atom stereocenters. The Balaban J connectivity index is 1.99. The number of aromatic nitrogens is 3. The molecular weight excluding hydrogens is 258 g/mol. The van der Waals surface area contributed by atoms with Gasteiger partial charge in [-0.05, 0) is 12.5 Å². The third-order valence-electron chi connectivity index (χ3n) is 2.73. The van der Waals surface area contributed by atoms with E-state index in [1.807, 2.05) is 37.3 Å². The predicted octanol–water partition coefficient (Wildman–Crippen LogP) is 0.397. The fraction of sp³-hybridized carbons (Fsp3) is 0.231. The maximum atomic E-state index is 12.1. The quantitative estimate of drug-likeness (QED) is 0.818. The molecular formula is C13H15N5O2. The first-order valence-electron chi connectivity index (χ1n) is 6.19. The van der Waals surface area contributed by atoms with Crippen LogP contribution < -0.4 is 5.43 Å². The Bertz CT molecular complexity index is 568. The molecule has 20 heavy (non-hydrogen) atoms. The molecule has 1 N–H and O–H groups in total. The summed E-state index contributed by atoms with van der Waals surface area (Å²) < 4.78 is 1.23. The van der Waals surface area contributed by atoms with Crippen molar-refractivity contribution in [3.8, 4) is 0 Å². The van der Waals surface area contributed by atoms with E-state index in [2.05, 4.69) is 15.6 Å². The van der Waals surface area contributed by atoms with E-state index in [0.717, 1.165) is 5.56 Å². The zero-order chi connectivity index (χ0) is 14.4. The van der Waals surface area contributed by atoms with Crippen LogP contribution in [0.2, 0.25) is 0 Å². The zero-order valence-corrected chi connectivity index (χ0v) is 11.1. The molecule has 0 atom stereocenters. The van der Waals surface area contributed by atoms with Crippen molar-refractivity contribution in [2.45, 2.75) is 13.5 Å². The molecule has 0 fully saturated rings. The lowest BCUT2D eigenvalue weighted by molar-refractivity contribution is -0.143. The van der Waals surface area contributed by atoms with Crippen molar-refractivity contribution in [1.29, 1.82) is 0 Å². The van der Waals surface area contributed by atoms with Crippen LogP contribution in [0.25, 0.3) is 0 Å². The summed E-state index contributed by atoms with van der Waals surface area (Å²) in [4.78, 5) is 25.4. The first-order chi connectivity index (χ1) is 9.70. The topological polar surface area (TPSA) is 80.1 Å². The number of carbonyl (C=O) groups excluding carboxylic acids is 2. The van der Waals surface area contributed by atoms with E-state index >= 15 is 0 Å². The Morgan fingerprint density at radius 3 is 2.45 bits per heavy atom. The average Bonchev–Trinajstić information content (AvgIpc) is 2.98. The number of hydrogen-bond donors (Lipinski definition) is 1. The predicted molar refractivity (Wildman–Crippen MR) is 71.9 cm³/mol. The molecule has 0 aliphatic heterocycles. The highest BCUT2D eigenvalue weighted by atomic mass is 16.2. The van der Waals surface area contributed by atoms with Gasteiger partial charge in [-0.3, -0.25) is 15.0 Å². The Morgan fingerprint density at radius 1 is 1.20 bits per heavy atom. The summed E-state index contributed by atoms with van der Waals surface area (Å²) in [7, 11) is 0. The summed E-state index contributed by atoms with van der Waals surface area (Å²) in [6.07, 6.45) is 2.61. The molecule has 1 aromatic carbocycles. The van der Waals surface area contributed by atoms with E-state index in [0.29, 0.717) is 13.1 Å². The van der Waals surface area contributed by atoms with Gasteiger partial charge in [-0.2, -0.15) is 0 Å². The van der Waals surface area contributed by atoms with Crippen molar-refractivity contribution in [1.82, 2.24) is 19.8 Å². The SMILES string of the molecule is CCN(Cc1ccccc1)C(=O)C(=O)Nn1cnnc1. The van der Waals surface area contributed by atoms with E-state index in [-0.39, 0.29) is 0 Å². The molecule has 1 aromatic heterocycles. The van der Waals surface area contributed by atoms with Gasteiger partial charge in [0.05, 0.1) is 0 Å². The van der Waals surface area contributed by atoms with Crippen molar-refractivity contribution in [2.75, 3.05) is 12.0 Å². The average molecular weight is 273 g/mol. The summed E-state index contributed by atoms with van der Waals surface area (Å²) in [5.74, 6) is -1.31. The molecule has 0 aliphatic rings. The van der Waals surface area contributed by atoms with E-state index in [1.54, 1.807) is 0 Å². The van der Waals surface area contributed by atoms with Crippen molar-refractivity contribution >= 4 is 11.8 Å². The summed E-state index contributed by atoms with van der Waals surface area (Å²) in [5.41, 5.74) is 3.36. The minimum atomic E-state index is -0.720. The van der Waals surface area contributed by atoms with Crippen LogP contribution >= 0.6 is 0 Å². The molecule has 2 amide bonds. The highest BCUT2D eigenvalue weighted by Gasteiger charge is 2.20. The minimum Gasteiger partial charge on any atom is -0.330 e. The van der Waals surface area contributed by atoms with Crippen molar-refractivity contribution < 1.29 is 9.59 Å². The van der Waals surface area contributed by atoms with Gasteiger partial charge in [-0.1, -0.05) is 30.3 Å². The zero-order valence-electron chi connectivity index (χ0n) is 11.1. The second-order valence-electron chi connectivity index (χ2n) is 4.12. The molecule has 0 bridgehead atoms. The third kappa shape index (κ3) is 3.41. The Kier molecular flexibility index (Phi) is 4.43. The molecule has 0 saturated carbocycles. The molecule has 2 rings (SSSR count). The number of nitrogens with one attached hydrogen (secondary N) is 1. The Labute approximate surface area is 116 Å². The normalized spacial score (nSPS) is 10.1. The van der Waals surface area contributed by atoms with Gasteiger partial charge in [0.1, 0.15) is 12.7 Å². The van der Waals surface area contributed by atoms with E-state index in [4.69, 9.17) is 0 Å². The first kappa shape index (κ1) is 13.7. The van der Waals surface area contributed by atoms with E-state index < -0.39 is 11.8 Å². The standard InChI is InChI=1S/C13H15N5O2/c1-2-17(8-11-6-4-3-5-7-11)13(20)12(19)16-18-9-14-15-10-18/h3-7,9-10H,2,8H2,1H3,(H,16,19). The van der Waals surface area contributed by atoms with Gasteiger partial charge in [-0.15, -0.1) is 10.2 Å². The highest BCUT2D eigenvalue weighted by Crippen LogP contribution is 2.04. The Morgan fingerprint density at radius 2 is 1.85 bits per heavy atom. The summed E-state index contributed by atoms with van der Waals surface area (Å²) >= 11 is 0. The van der Waals surface area contributed by atoms with Crippen molar-refractivity contribution in [3.05, 3.63) is 48.5 Å².